The van der Waals surface area contributed by atoms with E-state index in [9.17, 15) is 5.11 Å². The van der Waals surface area contributed by atoms with E-state index in [0.717, 1.165) is 47.6 Å². The molecule has 0 spiro atoms. The molecule has 0 aromatic heterocycles. The van der Waals surface area contributed by atoms with E-state index in [1.807, 2.05) is 18.2 Å². The Balaban J connectivity index is 1.74. The number of aliphatic hydroxyl groups excluding tert-OH is 1. The van der Waals surface area contributed by atoms with Crippen LogP contribution in [0.5, 0.6) is 11.5 Å². The van der Waals surface area contributed by atoms with Crippen LogP contribution in [0.2, 0.25) is 0 Å². The van der Waals surface area contributed by atoms with Crippen LogP contribution < -0.4 is 14.8 Å². The van der Waals surface area contributed by atoms with Crippen molar-refractivity contribution >= 4 is 11.3 Å². The molecule has 0 radical (unpaired) electrons. The molecule has 2 N–H and O–H groups in total. The Morgan fingerprint density at radius 1 is 1.19 bits per heavy atom. The summed E-state index contributed by atoms with van der Waals surface area (Å²) in [5.74, 6) is 2.03. The van der Waals surface area contributed by atoms with Gasteiger partial charge in [0.15, 0.2) is 0 Å². The van der Waals surface area contributed by atoms with Crippen molar-refractivity contribution in [2.75, 3.05) is 19.0 Å². The molecule has 0 fully saturated rings. The summed E-state index contributed by atoms with van der Waals surface area (Å²) in [5.41, 5.74) is 8.18. The summed E-state index contributed by atoms with van der Waals surface area (Å²) < 4.78 is 12.5. The van der Waals surface area contributed by atoms with E-state index in [1.54, 1.807) is 7.11 Å². The molecule has 2 aromatic rings. The first-order chi connectivity index (χ1) is 14.9. The van der Waals surface area contributed by atoms with Crippen LogP contribution in [0.1, 0.15) is 57.3 Å². The fourth-order valence-corrected chi connectivity index (χ4v) is 5.64. The maximum atomic E-state index is 9.78. The number of fused-ring (bicyclic) bond motifs is 5. The van der Waals surface area contributed by atoms with E-state index in [-0.39, 0.29) is 18.2 Å². The summed E-state index contributed by atoms with van der Waals surface area (Å²) >= 11 is 0. The Hall–Kier alpha value is -2.72. The lowest BCUT2D eigenvalue weighted by Crippen LogP contribution is -2.33. The molecule has 2 atom stereocenters. The van der Waals surface area contributed by atoms with Crippen LogP contribution >= 0.6 is 0 Å². The highest BCUT2D eigenvalue weighted by molar-refractivity contribution is 5.91. The normalized spacial score (nSPS) is 23.3. The fraction of sp³-hybridized carbons (Fsp3) is 0.407. The molecule has 2 aromatic carbocycles. The van der Waals surface area contributed by atoms with Gasteiger partial charge in [-0.2, -0.15) is 0 Å². The summed E-state index contributed by atoms with van der Waals surface area (Å²) in [7, 11) is 1.72. The zero-order valence-corrected chi connectivity index (χ0v) is 18.8. The van der Waals surface area contributed by atoms with Gasteiger partial charge >= 0.3 is 0 Å². The predicted molar refractivity (Wildman–Crippen MR) is 126 cm³/mol. The molecule has 162 valence electrons. The van der Waals surface area contributed by atoms with Crippen molar-refractivity contribution in [3.8, 4) is 22.6 Å². The minimum Gasteiger partial charge on any atom is -0.496 e. The summed E-state index contributed by atoms with van der Waals surface area (Å²) in [6, 6.07) is 10.5. The third kappa shape index (κ3) is 3.34. The summed E-state index contributed by atoms with van der Waals surface area (Å²) in [5, 5.41) is 13.5. The molecule has 1 aliphatic carbocycles. The number of anilines is 1. The van der Waals surface area contributed by atoms with Crippen molar-refractivity contribution in [3.05, 3.63) is 59.2 Å². The maximum Gasteiger partial charge on any atom is 0.131 e. The number of benzene rings is 2. The van der Waals surface area contributed by atoms with Gasteiger partial charge in [0.25, 0.3) is 0 Å². The number of aliphatic hydroxyl groups is 1. The van der Waals surface area contributed by atoms with Crippen molar-refractivity contribution in [1.29, 1.82) is 0 Å². The van der Waals surface area contributed by atoms with Gasteiger partial charge in [0.05, 0.1) is 24.8 Å². The van der Waals surface area contributed by atoms with Gasteiger partial charge in [-0.05, 0) is 74.9 Å². The molecule has 2 unspecified atom stereocenters. The van der Waals surface area contributed by atoms with Gasteiger partial charge < -0.3 is 19.9 Å². The van der Waals surface area contributed by atoms with Gasteiger partial charge in [-0.3, -0.25) is 0 Å². The van der Waals surface area contributed by atoms with E-state index < -0.39 is 0 Å². The zero-order chi connectivity index (χ0) is 21.8. The molecular formula is C27H31NO3. The summed E-state index contributed by atoms with van der Waals surface area (Å²) in [4.78, 5) is 0. The molecule has 0 amide bonds. The number of nitrogens with one attached hydrogen (secondary N) is 1. The summed E-state index contributed by atoms with van der Waals surface area (Å²) in [6.07, 6.45) is 7.34. The minimum atomic E-state index is -0.0937. The SMILES string of the molecule is COc1cccc2c1-c1ccc3c(c1C(C1CCC=C(CO)C1)O2)C(C)=CC(C)(C)N3. The molecule has 4 nitrogen and oxygen atoms in total. The number of ether oxygens (including phenoxy) is 2. The van der Waals surface area contributed by atoms with Gasteiger partial charge in [0, 0.05) is 22.7 Å². The quantitative estimate of drug-likeness (QED) is 0.591. The third-order valence-electron chi connectivity index (χ3n) is 6.82. The molecule has 5 rings (SSSR count). The second kappa shape index (κ2) is 7.45. The van der Waals surface area contributed by atoms with E-state index >= 15 is 0 Å². The van der Waals surface area contributed by atoms with Crippen molar-refractivity contribution in [2.24, 2.45) is 5.92 Å². The van der Waals surface area contributed by atoms with Crippen LogP contribution in [-0.2, 0) is 0 Å². The average Bonchev–Trinajstić information content (AvgIpc) is 2.76. The van der Waals surface area contributed by atoms with Gasteiger partial charge in [0.1, 0.15) is 17.6 Å². The largest absolute Gasteiger partial charge is 0.496 e. The van der Waals surface area contributed by atoms with Crippen LogP contribution in [0.15, 0.2) is 48.1 Å². The lowest BCUT2D eigenvalue weighted by Gasteiger charge is -2.40. The summed E-state index contributed by atoms with van der Waals surface area (Å²) in [6.45, 7) is 6.73. The highest BCUT2D eigenvalue weighted by Gasteiger charge is 2.39. The molecule has 2 heterocycles. The fourth-order valence-electron chi connectivity index (χ4n) is 5.64. The Bertz CT molecular complexity index is 1100. The van der Waals surface area contributed by atoms with Crippen LogP contribution in [0.4, 0.5) is 5.69 Å². The van der Waals surface area contributed by atoms with Crippen LogP contribution in [0.3, 0.4) is 0 Å². The van der Waals surface area contributed by atoms with Gasteiger partial charge in [-0.1, -0.05) is 24.3 Å². The van der Waals surface area contributed by atoms with Crippen LogP contribution in [0, 0.1) is 5.92 Å². The van der Waals surface area contributed by atoms with Crippen molar-refractivity contribution in [1.82, 2.24) is 0 Å². The van der Waals surface area contributed by atoms with Crippen LogP contribution in [-0.4, -0.2) is 24.4 Å². The first-order valence-electron chi connectivity index (χ1n) is 11.2. The monoisotopic (exact) mass is 417 g/mol. The lowest BCUT2D eigenvalue weighted by atomic mass is 9.75. The van der Waals surface area contributed by atoms with Crippen LogP contribution in [0.25, 0.3) is 16.7 Å². The van der Waals surface area contributed by atoms with Crippen molar-refractivity contribution in [3.63, 3.8) is 0 Å². The number of rotatable bonds is 3. The standard InChI is InChI=1S/C27H31NO3/c1-16-14-27(2,3)28-20-12-11-19-24-21(30-4)9-6-10-22(24)31-26(25(19)23(16)20)18-8-5-7-17(13-18)15-29/h6-7,9-12,14,18,26,28-29H,5,8,13,15H2,1-4H3. The molecule has 31 heavy (non-hydrogen) atoms. The topological polar surface area (TPSA) is 50.7 Å². The maximum absolute atomic E-state index is 9.78. The molecule has 3 aliphatic rings. The van der Waals surface area contributed by atoms with E-state index in [2.05, 4.69) is 50.4 Å². The van der Waals surface area contributed by atoms with Gasteiger partial charge in [-0.15, -0.1) is 0 Å². The number of hydrogen-bond donors (Lipinski definition) is 2. The minimum absolute atomic E-state index is 0.0637. The highest BCUT2D eigenvalue weighted by Crippen LogP contribution is 2.54. The Morgan fingerprint density at radius 3 is 2.81 bits per heavy atom. The Kier molecular flexibility index (Phi) is 4.86. The van der Waals surface area contributed by atoms with Gasteiger partial charge in [0.2, 0.25) is 0 Å². The molecule has 0 saturated carbocycles. The van der Waals surface area contributed by atoms with Crippen molar-refractivity contribution in [2.45, 2.75) is 51.7 Å². The molecule has 4 heteroatoms. The second-order valence-corrected chi connectivity index (χ2v) is 9.56. The third-order valence-corrected chi connectivity index (χ3v) is 6.82. The molecular weight excluding hydrogens is 386 g/mol. The lowest BCUT2D eigenvalue weighted by molar-refractivity contribution is 0.119. The Morgan fingerprint density at radius 2 is 2.03 bits per heavy atom. The number of methoxy groups -OCH3 is 1. The van der Waals surface area contributed by atoms with Crippen molar-refractivity contribution < 1.29 is 14.6 Å². The molecule has 0 bridgehead atoms. The Labute approximate surface area is 184 Å². The smallest absolute Gasteiger partial charge is 0.131 e. The molecule has 0 saturated heterocycles. The van der Waals surface area contributed by atoms with E-state index in [4.69, 9.17) is 9.47 Å². The first-order valence-corrected chi connectivity index (χ1v) is 11.2. The number of allylic oxidation sites excluding steroid dienone is 2. The molecule has 2 aliphatic heterocycles. The second-order valence-electron chi connectivity index (χ2n) is 9.56. The highest BCUT2D eigenvalue weighted by atomic mass is 16.5. The van der Waals surface area contributed by atoms with E-state index in [0.29, 0.717) is 5.92 Å². The first kappa shape index (κ1) is 20.2. The predicted octanol–water partition coefficient (Wildman–Crippen LogP) is 6.12. The van der Waals surface area contributed by atoms with E-state index in [1.165, 1.54) is 22.3 Å². The average molecular weight is 418 g/mol. The van der Waals surface area contributed by atoms with Gasteiger partial charge in [-0.25, -0.2) is 0 Å². The number of hydrogen-bond acceptors (Lipinski definition) is 4. The zero-order valence-electron chi connectivity index (χ0n) is 18.8.